The van der Waals surface area contributed by atoms with Crippen molar-refractivity contribution >= 4 is 29.6 Å². The van der Waals surface area contributed by atoms with Gasteiger partial charge in [0.15, 0.2) is 0 Å². The Morgan fingerprint density at radius 2 is 1.67 bits per heavy atom. The fourth-order valence-corrected chi connectivity index (χ4v) is 4.57. The summed E-state index contributed by atoms with van der Waals surface area (Å²) in [5, 5.41) is 14.9. The van der Waals surface area contributed by atoms with Crippen LogP contribution in [0.15, 0.2) is 0 Å². The lowest BCUT2D eigenvalue weighted by Gasteiger charge is -2.30. The number of carboxylic acids is 1. The van der Waals surface area contributed by atoms with E-state index in [2.05, 4.69) is 10.6 Å². The van der Waals surface area contributed by atoms with Crippen LogP contribution < -0.4 is 16.4 Å². The molecule has 0 aromatic carbocycles. The predicted octanol–water partition coefficient (Wildman–Crippen LogP) is -1.83. The number of carboxylic acid groups (broad SMARTS) is 1. The third-order valence-corrected chi connectivity index (χ3v) is 6.05. The van der Waals surface area contributed by atoms with Gasteiger partial charge in [0.2, 0.25) is 23.6 Å². The molecule has 5 N–H and O–H groups in total. The number of aliphatic carboxylic acids is 1. The summed E-state index contributed by atoms with van der Waals surface area (Å²) in [7, 11) is 0. The topological polar surface area (TPSA) is 162 Å². The first kappa shape index (κ1) is 22.0. The molecular formula is C19H29N5O6. The molecule has 3 fully saturated rings. The molecule has 0 bridgehead atoms. The van der Waals surface area contributed by atoms with E-state index < -0.39 is 48.2 Å². The van der Waals surface area contributed by atoms with E-state index in [0.717, 1.165) is 13.0 Å². The van der Waals surface area contributed by atoms with Crippen molar-refractivity contribution in [1.82, 2.24) is 20.4 Å². The minimum absolute atomic E-state index is 0.139. The summed E-state index contributed by atoms with van der Waals surface area (Å²) in [6.45, 7) is 1.48. The molecule has 0 radical (unpaired) electrons. The van der Waals surface area contributed by atoms with Gasteiger partial charge in [-0.15, -0.1) is 0 Å². The van der Waals surface area contributed by atoms with E-state index in [1.54, 1.807) is 0 Å². The average molecular weight is 423 g/mol. The Morgan fingerprint density at radius 3 is 2.27 bits per heavy atom. The van der Waals surface area contributed by atoms with E-state index in [-0.39, 0.29) is 18.5 Å². The van der Waals surface area contributed by atoms with E-state index in [1.165, 1.54) is 9.80 Å². The summed E-state index contributed by atoms with van der Waals surface area (Å²) < 4.78 is 0. The highest BCUT2D eigenvalue weighted by atomic mass is 16.4. The van der Waals surface area contributed by atoms with Gasteiger partial charge in [0.1, 0.15) is 18.1 Å². The fourth-order valence-electron chi connectivity index (χ4n) is 4.57. The van der Waals surface area contributed by atoms with Crippen LogP contribution in [0.1, 0.15) is 44.9 Å². The lowest BCUT2D eigenvalue weighted by molar-refractivity contribution is -0.146. The Bertz CT molecular complexity index is 722. The molecule has 4 amide bonds. The van der Waals surface area contributed by atoms with E-state index >= 15 is 0 Å². The smallest absolute Gasteiger partial charge is 0.305 e. The minimum atomic E-state index is -1.32. The highest BCUT2D eigenvalue weighted by Crippen LogP contribution is 2.22. The van der Waals surface area contributed by atoms with Crippen LogP contribution >= 0.6 is 0 Å². The maximum Gasteiger partial charge on any atom is 0.305 e. The molecule has 0 aromatic rings. The number of hydrogen-bond acceptors (Lipinski definition) is 6. The zero-order chi connectivity index (χ0) is 21.8. The van der Waals surface area contributed by atoms with Gasteiger partial charge in [-0.2, -0.15) is 0 Å². The second kappa shape index (κ2) is 9.41. The van der Waals surface area contributed by atoms with Crippen molar-refractivity contribution in [2.75, 3.05) is 19.6 Å². The van der Waals surface area contributed by atoms with Crippen molar-refractivity contribution < 1.29 is 29.1 Å². The van der Waals surface area contributed by atoms with Gasteiger partial charge in [-0.05, 0) is 45.1 Å². The van der Waals surface area contributed by atoms with E-state index in [4.69, 9.17) is 5.73 Å². The van der Waals surface area contributed by atoms with Gasteiger partial charge in [0.25, 0.3) is 0 Å². The van der Waals surface area contributed by atoms with Gasteiger partial charge >= 0.3 is 5.97 Å². The maximum atomic E-state index is 12.9. The van der Waals surface area contributed by atoms with E-state index in [0.29, 0.717) is 38.6 Å². The second-order valence-corrected chi connectivity index (χ2v) is 8.09. The van der Waals surface area contributed by atoms with Crippen LogP contribution in [0.3, 0.4) is 0 Å². The number of nitrogens with zero attached hydrogens (tertiary/aromatic N) is 2. The number of nitrogens with one attached hydrogen (secondary N) is 2. The minimum Gasteiger partial charge on any atom is -0.481 e. The molecule has 0 aromatic heterocycles. The summed E-state index contributed by atoms with van der Waals surface area (Å²) in [6.07, 6.45) is 3.09. The quantitative estimate of drug-likeness (QED) is 0.374. The second-order valence-electron chi connectivity index (χ2n) is 8.09. The number of likely N-dealkylation sites (tertiary alicyclic amines) is 2. The maximum absolute atomic E-state index is 12.9. The van der Waals surface area contributed by atoms with E-state index in [1.807, 2.05) is 0 Å². The standard InChI is InChI=1S/C19H29N5O6/c20-16(27)13-5-2-8-23(13)19(30)12(10-15(25)26)22-17(28)14-6-3-9-24(14)18(29)11-4-1-7-21-11/h11-14,21H,1-10H2,(H2,20,27)(H,22,28)(H,25,26)/t11-,12-,13-,14-/m1/s1. The Labute approximate surface area is 174 Å². The summed E-state index contributed by atoms with van der Waals surface area (Å²) in [6, 6.07) is -3.17. The highest BCUT2D eigenvalue weighted by Gasteiger charge is 2.41. The first-order valence-electron chi connectivity index (χ1n) is 10.5. The van der Waals surface area contributed by atoms with Gasteiger partial charge in [0.05, 0.1) is 12.5 Å². The van der Waals surface area contributed by atoms with Crippen LogP contribution in [0.25, 0.3) is 0 Å². The lowest BCUT2D eigenvalue weighted by atomic mass is 10.1. The monoisotopic (exact) mass is 423 g/mol. The molecule has 166 valence electrons. The van der Waals surface area contributed by atoms with Crippen molar-refractivity contribution in [3.63, 3.8) is 0 Å². The number of hydrogen-bond donors (Lipinski definition) is 4. The van der Waals surface area contributed by atoms with Gasteiger partial charge in [-0.25, -0.2) is 0 Å². The Kier molecular flexibility index (Phi) is 6.91. The van der Waals surface area contributed by atoms with E-state index in [9.17, 15) is 29.1 Å². The van der Waals surface area contributed by atoms with Crippen molar-refractivity contribution in [2.24, 2.45) is 5.73 Å². The third kappa shape index (κ3) is 4.72. The van der Waals surface area contributed by atoms with Crippen molar-refractivity contribution in [3.8, 4) is 0 Å². The molecule has 0 unspecified atom stereocenters. The number of amides is 4. The zero-order valence-corrected chi connectivity index (χ0v) is 16.8. The number of primary amides is 1. The van der Waals surface area contributed by atoms with Gasteiger partial charge in [-0.3, -0.25) is 24.0 Å². The molecule has 3 aliphatic heterocycles. The molecule has 3 saturated heterocycles. The van der Waals surface area contributed by atoms with Crippen LogP contribution in [-0.4, -0.2) is 88.3 Å². The summed E-state index contributed by atoms with van der Waals surface area (Å²) in [5.41, 5.74) is 5.35. The first-order valence-corrected chi connectivity index (χ1v) is 10.5. The normalized spacial score (nSPS) is 27.1. The fraction of sp³-hybridized carbons (Fsp3) is 0.737. The lowest BCUT2D eigenvalue weighted by Crippen LogP contribution is -2.57. The van der Waals surface area contributed by atoms with Crippen molar-refractivity contribution in [2.45, 2.75) is 69.1 Å². The number of nitrogens with two attached hydrogens (primary N) is 1. The Morgan fingerprint density at radius 1 is 1.00 bits per heavy atom. The van der Waals surface area contributed by atoms with Gasteiger partial charge in [-0.1, -0.05) is 0 Å². The van der Waals surface area contributed by atoms with Crippen molar-refractivity contribution in [1.29, 1.82) is 0 Å². The Balaban J connectivity index is 1.70. The van der Waals surface area contributed by atoms with Crippen LogP contribution in [0.4, 0.5) is 0 Å². The molecule has 3 heterocycles. The predicted molar refractivity (Wildman–Crippen MR) is 104 cm³/mol. The molecule has 11 heteroatoms. The summed E-state index contributed by atoms with van der Waals surface area (Å²) >= 11 is 0. The highest BCUT2D eigenvalue weighted by molar-refractivity contribution is 5.96. The van der Waals surface area contributed by atoms with Gasteiger partial charge < -0.3 is 31.3 Å². The molecule has 0 aliphatic carbocycles. The SMILES string of the molecule is NC(=O)[C@H]1CCCN1C(=O)[C@@H](CC(=O)O)NC(=O)[C@H]1CCCN1C(=O)[C@H]1CCCN1. The molecule has 0 saturated carbocycles. The number of carbonyl (C=O) groups is 5. The molecule has 0 spiro atoms. The summed E-state index contributed by atoms with van der Waals surface area (Å²) in [4.78, 5) is 64.3. The molecular weight excluding hydrogens is 394 g/mol. The van der Waals surface area contributed by atoms with Crippen LogP contribution in [-0.2, 0) is 24.0 Å². The van der Waals surface area contributed by atoms with Crippen molar-refractivity contribution in [3.05, 3.63) is 0 Å². The number of carbonyl (C=O) groups excluding carboxylic acids is 4. The van der Waals surface area contributed by atoms with Crippen LogP contribution in [0, 0.1) is 0 Å². The average Bonchev–Trinajstić information content (AvgIpc) is 3.46. The molecule has 3 aliphatic rings. The molecule has 11 nitrogen and oxygen atoms in total. The van der Waals surface area contributed by atoms with Gasteiger partial charge in [0, 0.05) is 13.1 Å². The molecule has 3 rings (SSSR count). The third-order valence-electron chi connectivity index (χ3n) is 6.05. The van der Waals surface area contributed by atoms with Crippen LogP contribution in [0.2, 0.25) is 0 Å². The molecule has 4 atom stereocenters. The first-order chi connectivity index (χ1) is 14.3. The summed E-state index contributed by atoms with van der Waals surface area (Å²) in [5.74, 6) is -3.23. The number of rotatable bonds is 7. The Hall–Kier alpha value is -2.69. The zero-order valence-electron chi connectivity index (χ0n) is 16.8. The van der Waals surface area contributed by atoms with Crippen LogP contribution in [0.5, 0.6) is 0 Å². The largest absolute Gasteiger partial charge is 0.481 e. The molecule has 30 heavy (non-hydrogen) atoms.